The summed E-state index contributed by atoms with van der Waals surface area (Å²) in [7, 11) is 1.21. The van der Waals surface area contributed by atoms with Crippen LogP contribution < -0.4 is 0 Å². The van der Waals surface area contributed by atoms with Gasteiger partial charge in [-0.2, -0.15) is 0 Å². The number of Topliss-reactive ketones (excluding diaryl/α,β-unsaturated/α-hetero) is 1. The van der Waals surface area contributed by atoms with E-state index in [1.165, 1.54) is 18.9 Å². The van der Waals surface area contributed by atoms with Crippen LogP contribution in [0.15, 0.2) is 0 Å². The van der Waals surface area contributed by atoms with E-state index in [0.29, 0.717) is 6.54 Å². The number of hydrogen-bond donors (Lipinski definition) is 0. The van der Waals surface area contributed by atoms with Gasteiger partial charge < -0.3 is 9.64 Å². The molecule has 1 heterocycles. The minimum atomic E-state index is -1.03. The van der Waals surface area contributed by atoms with Crippen LogP contribution in [0.4, 0.5) is 0 Å². The van der Waals surface area contributed by atoms with Gasteiger partial charge in [0, 0.05) is 19.4 Å². The normalized spacial score (nSPS) is 26.5. The van der Waals surface area contributed by atoms with Crippen LogP contribution in [-0.2, 0) is 19.1 Å². The molecule has 5 heteroatoms. The molecule has 0 spiro atoms. The molecule has 5 nitrogen and oxygen atoms in total. The van der Waals surface area contributed by atoms with Crippen LogP contribution in [0.1, 0.15) is 13.8 Å². The molecule has 0 saturated carbocycles. The highest BCUT2D eigenvalue weighted by Gasteiger charge is 2.44. The van der Waals surface area contributed by atoms with Crippen molar-refractivity contribution in [1.29, 1.82) is 0 Å². The molecule has 2 atom stereocenters. The molecule has 1 saturated heterocycles. The van der Waals surface area contributed by atoms with E-state index in [1.807, 2.05) is 0 Å². The molecule has 0 aromatic rings. The highest BCUT2D eigenvalue weighted by atomic mass is 16.5. The molecule has 78 valence electrons. The smallest absolute Gasteiger partial charge is 0.336 e. The molecule has 1 fully saturated rings. The SMILES string of the molecule is COC(=O)C1C(=O)C(C)CN1C(C)=O. The highest BCUT2D eigenvalue weighted by Crippen LogP contribution is 2.20. The number of carbonyl (C=O) groups excluding carboxylic acids is 3. The number of esters is 1. The number of nitrogens with zero attached hydrogens (tertiary/aromatic N) is 1. The summed E-state index contributed by atoms with van der Waals surface area (Å²) >= 11 is 0. The Morgan fingerprint density at radius 2 is 2.07 bits per heavy atom. The Morgan fingerprint density at radius 1 is 1.50 bits per heavy atom. The van der Waals surface area contributed by atoms with Crippen molar-refractivity contribution in [1.82, 2.24) is 4.90 Å². The van der Waals surface area contributed by atoms with Gasteiger partial charge in [-0.3, -0.25) is 9.59 Å². The zero-order valence-electron chi connectivity index (χ0n) is 8.44. The lowest BCUT2D eigenvalue weighted by Gasteiger charge is -2.19. The topological polar surface area (TPSA) is 63.7 Å². The van der Waals surface area contributed by atoms with Gasteiger partial charge in [0.15, 0.2) is 11.8 Å². The van der Waals surface area contributed by atoms with Gasteiger partial charge in [0.2, 0.25) is 5.91 Å². The molecule has 0 aromatic heterocycles. The maximum Gasteiger partial charge on any atom is 0.336 e. The minimum Gasteiger partial charge on any atom is -0.467 e. The van der Waals surface area contributed by atoms with Crippen molar-refractivity contribution in [2.45, 2.75) is 19.9 Å². The van der Waals surface area contributed by atoms with Gasteiger partial charge in [-0.1, -0.05) is 6.92 Å². The molecule has 1 aliphatic heterocycles. The molecule has 1 amide bonds. The molecule has 1 aliphatic rings. The average molecular weight is 199 g/mol. The predicted octanol–water partition coefficient (Wildman–Crippen LogP) is -0.405. The second-order valence-corrected chi connectivity index (χ2v) is 3.40. The summed E-state index contributed by atoms with van der Waals surface area (Å²) in [6.45, 7) is 3.33. The van der Waals surface area contributed by atoms with Crippen LogP contribution in [0, 0.1) is 5.92 Å². The molecule has 14 heavy (non-hydrogen) atoms. The van der Waals surface area contributed by atoms with Gasteiger partial charge in [-0.15, -0.1) is 0 Å². The number of likely N-dealkylation sites (tertiary alicyclic amines) is 1. The number of amides is 1. The van der Waals surface area contributed by atoms with Gasteiger partial charge in [0.05, 0.1) is 7.11 Å². The number of ether oxygens (including phenoxy) is 1. The van der Waals surface area contributed by atoms with E-state index >= 15 is 0 Å². The number of ketones is 1. The van der Waals surface area contributed by atoms with Crippen molar-refractivity contribution in [2.75, 3.05) is 13.7 Å². The van der Waals surface area contributed by atoms with Gasteiger partial charge in [0.1, 0.15) is 0 Å². The number of carbonyl (C=O) groups is 3. The largest absolute Gasteiger partial charge is 0.467 e. The summed E-state index contributed by atoms with van der Waals surface area (Å²) in [5.74, 6) is -1.47. The molecule has 0 aliphatic carbocycles. The van der Waals surface area contributed by atoms with Gasteiger partial charge in [0.25, 0.3) is 0 Å². The third-order valence-electron chi connectivity index (χ3n) is 2.37. The molecular formula is C9H13NO4. The molecule has 0 radical (unpaired) electrons. The number of rotatable bonds is 1. The van der Waals surface area contributed by atoms with Crippen LogP contribution in [0.2, 0.25) is 0 Å². The summed E-state index contributed by atoms with van der Waals surface area (Å²) in [6.07, 6.45) is 0. The monoisotopic (exact) mass is 199 g/mol. The Hall–Kier alpha value is -1.39. The van der Waals surface area contributed by atoms with E-state index < -0.39 is 12.0 Å². The minimum absolute atomic E-state index is 0.243. The Bertz CT molecular complexity index is 287. The fourth-order valence-electron chi connectivity index (χ4n) is 1.58. The summed E-state index contributed by atoms with van der Waals surface area (Å²) in [6, 6.07) is -1.03. The zero-order chi connectivity index (χ0) is 10.9. The third-order valence-corrected chi connectivity index (χ3v) is 2.37. The molecular weight excluding hydrogens is 186 g/mol. The van der Waals surface area contributed by atoms with E-state index in [1.54, 1.807) is 6.92 Å². The molecule has 0 aromatic carbocycles. The lowest BCUT2D eigenvalue weighted by molar-refractivity contribution is -0.152. The van der Waals surface area contributed by atoms with Crippen LogP contribution in [0.5, 0.6) is 0 Å². The van der Waals surface area contributed by atoms with E-state index in [2.05, 4.69) is 4.74 Å². The van der Waals surface area contributed by atoms with Crippen molar-refractivity contribution in [3.63, 3.8) is 0 Å². The Morgan fingerprint density at radius 3 is 2.50 bits per heavy atom. The second kappa shape index (κ2) is 3.77. The maximum absolute atomic E-state index is 11.5. The van der Waals surface area contributed by atoms with Crippen LogP contribution in [0.25, 0.3) is 0 Å². The summed E-state index contributed by atoms with van der Waals surface area (Å²) in [4.78, 5) is 35.2. The van der Waals surface area contributed by atoms with Crippen molar-refractivity contribution in [3.8, 4) is 0 Å². The fraction of sp³-hybridized carbons (Fsp3) is 0.667. The molecule has 0 N–H and O–H groups in total. The third kappa shape index (κ3) is 1.62. The van der Waals surface area contributed by atoms with Gasteiger partial charge in [-0.05, 0) is 0 Å². The van der Waals surface area contributed by atoms with Crippen LogP contribution >= 0.6 is 0 Å². The lowest BCUT2D eigenvalue weighted by Crippen LogP contribution is -2.43. The first-order chi connectivity index (χ1) is 6.49. The van der Waals surface area contributed by atoms with E-state index in [4.69, 9.17) is 0 Å². The Labute approximate surface area is 82.0 Å². The Balaban J connectivity index is 2.92. The summed E-state index contributed by atoms with van der Waals surface area (Å²) in [5.41, 5.74) is 0. The molecule has 2 unspecified atom stereocenters. The van der Waals surface area contributed by atoms with E-state index in [9.17, 15) is 14.4 Å². The second-order valence-electron chi connectivity index (χ2n) is 3.40. The highest BCUT2D eigenvalue weighted by molar-refractivity contribution is 6.08. The predicted molar refractivity (Wildman–Crippen MR) is 47.4 cm³/mol. The zero-order valence-corrected chi connectivity index (χ0v) is 8.44. The van der Waals surface area contributed by atoms with Crippen molar-refractivity contribution in [2.24, 2.45) is 5.92 Å². The van der Waals surface area contributed by atoms with Crippen molar-refractivity contribution >= 4 is 17.7 Å². The first-order valence-corrected chi connectivity index (χ1v) is 4.37. The fourth-order valence-corrected chi connectivity index (χ4v) is 1.58. The van der Waals surface area contributed by atoms with E-state index in [-0.39, 0.29) is 17.6 Å². The van der Waals surface area contributed by atoms with Gasteiger partial charge >= 0.3 is 5.97 Å². The standard InChI is InChI=1S/C9H13NO4/c1-5-4-10(6(2)11)7(8(5)12)9(13)14-3/h5,7H,4H2,1-3H3. The average Bonchev–Trinajstić information content (AvgIpc) is 2.43. The van der Waals surface area contributed by atoms with Crippen molar-refractivity contribution < 1.29 is 19.1 Å². The Kier molecular flexibility index (Phi) is 2.88. The first-order valence-electron chi connectivity index (χ1n) is 4.37. The van der Waals surface area contributed by atoms with E-state index in [0.717, 1.165) is 0 Å². The van der Waals surface area contributed by atoms with Crippen LogP contribution in [0.3, 0.4) is 0 Å². The van der Waals surface area contributed by atoms with Crippen LogP contribution in [-0.4, -0.2) is 42.3 Å². The number of hydrogen-bond acceptors (Lipinski definition) is 4. The molecule has 1 rings (SSSR count). The quantitative estimate of drug-likeness (QED) is 0.425. The first kappa shape index (κ1) is 10.7. The number of methoxy groups -OCH3 is 1. The maximum atomic E-state index is 11.5. The van der Waals surface area contributed by atoms with Crippen molar-refractivity contribution in [3.05, 3.63) is 0 Å². The van der Waals surface area contributed by atoms with Gasteiger partial charge in [-0.25, -0.2) is 4.79 Å². The lowest BCUT2D eigenvalue weighted by atomic mass is 10.1. The summed E-state index contributed by atoms with van der Waals surface area (Å²) < 4.78 is 4.48. The summed E-state index contributed by atoms with van der Waals surface area (Å²) in [5, 5.41) is 0. The molecule has 0 bridgehead atoms.